The van der Waals surface area contributed by atoms with Crippen molar-refractivity contribution in [3.63, 3.8) is 0 Å². The van der Waals surface area contributed by atoms with Crippen LogP contribution in [0.5, 0.6) is 0 Å². The molecule has 136 valence electrons. The van der Waals surface area contributed by atoms with Crippen molar-refractivity contribution in [2.75, 3.05) is 13.1 Å². The molecule has 3 N–H and O–H groups in total. The molecule has 1 aliphatic rings. The molecule has 1 aromatic rings. The van der Waals surface area contributed by atoms with Gasteiger partial charge in [-0.05, 0) is 38.1 Å². The van der Waals surface area contributed by atoms with Gasteiger partial charge in [-0.25, -0.2) is 18.5 Å². The summed E-state index contributed by atoms with van der Waals surface area (Å²) in [6.07, 6.45) is 0.0945. The summed E-state index contributed by atoms with van der Waals surface area (Å²) in [5.41, 5.74) is 0.500. The molecule has 0 saturated carbocycles. The van der Waals surface area contributed by atoms with Gasteiger partial charge < -0.3 is 5.32 Å². The average molecular weight is 384 g/mol. The number of nitrogens with zero attached hydrogens (tertiary/aromatic N) is 2. The second kappa shape index (κ2) is 7.98. The lowest BCUT2D eigenvalue weighted by molar-refractivity contribution is -0.129. The molecule has 25 heavy (non-hydrogen) atoms. The van der Waals surface area contributed by atoms with E-state index < -0.39 is 15.3 Å². The number of aliphatic imine (C=N–C) groups is 1. The zero-order chi connectivity index (χ0) is 18.6. The number of thioether (sulfide) groups is 1. The first kappa shape index (κ1) is 19.4. The maximum absolute atomic E-state index is 12.4. The van der Waals surface area contributed by atoms with Crippen LogP contribution in [0.1, 0.15) is 20.3 Å². The van der Waals surface area contributed by atoms with Gasteiger partial charge in [0.1, 0.15) is 5.25 Å². The highest BCUT2D eigenvalue weighted by Crippen LogP contribution is 2.31. The van der Waals surface area contributed by atoms with E-state index in [0.29, 0.717) is 23.9 Å². The molecule has 0 spiro atoms. The number of carbonyl (C=O) groups excluding carboxylic acids is 2. The number of amides is 2. The molecule has 1 unspecified atom stereocenters. The fourth-order valence-corrected chi connectivity index (χ4v) is 4.01. The van der Waals surface area contributed by atoms with Gasteiger partial charge in [-0.15, -0.1) is 0 Å². The van der Waals surface area contributed by atoms with Crippen LogP contribution in [0.2, 0.25) is 0 Å². The van der Waals surface area contributed by atoms with Crippen molar-refractivity contribution in [2.45, 2.75) is 30.4 Å². The van der Waals surface area contributed by atoms with Gasteiger partial charge in [0.2, 0.25) is 21.8 Å². The smallest absolute Gasteiger partial charge is 0.242 e. The number of nitrogens with two attached hydrogens (primary N) is 1. The fraction of sp³-hybridized carbons (Fsp3) is 0.400. The zero-order valence-electron chi connectivity index (χ0n) is 13.9. The van der Waals surface area contributed by atoms with Gasteiger partial charge in [-0.1, -0.05) is 11.8 Å². The Hall–Kier alpha value is -1.91. The van der Waals surface area contributed by atoms with Gasteiger partial charge in [0, 0.05) is 19.5 Å². The number of rotatable bonds is 6. The molecule has 2 amide bonds. The van der Waals surface area contributed by atoms with E-state index in [4.69, 9.17) is 5.14 Å². The number of amidine groups is 1. The molecule has 0 aromatic heterocycles. The molecule has 1 heterocycles. The van der Waals surface area contributed by atoms with Crippen molar-refractivity contribution in [1.82, 2.24) is 10.2 Å². The molecule has 1 atom stereocenters. The highest BCUT2D eigenvalue weighted by molar-refractivity contribution is 8.15. The number of hydrogen-bond acceptors (Lipinski definition) is 6. The van der Waals surface area contributed by atoms with E-state index >= 15 is 0 Å². The van der Waals surface area contributed by atoms with Gasteiger partial charge in [0.05, 0.1) is 10.6 Å². The van der Waals surface area contributed by atoms with Crippen LogP contribution in [0.3, 0.4) is 0 Å². The van der Waals surface area contributed by atoms with Crippen molar-refractivity contribution in [3.8, 4) is 0 Å². The monoisotopic (exact) mass is 384 g/mol. The van der Waals surface area contributed by atoms with E-state index in [1.165, 1.54) is 40.9 Å². The summed E-state index contributed by atoms with van der Waals surface area (Å²) in [7, 11) is -3.76. The van der Waals surface area contributed by atoms with Crippen LogP contribution in [0.15, 0.2) is 34.2 Å². The topological polar surface area (TPSA) is 122 Å². The highest BCUT2D eigenvalue weighted by Gasteiger charge is 2.38. The second-order valence-corrected chi connectivity index (χ2v) is 8.01. The Kier molecular flexibility index (Phi) is 6.20. The van der Waals surface area contributed by atoms with Crippen LogP contribution in [-0.4, -0.2) is 48.6 Å². The minimum Gasteiger partial charge on any atom is -0.356 e. The van der Waals surface area contributed by atoms with E-state index in [1.54, 1.807) is 0 Å². The Morgan fingerprint density at radius 1 is 1.32 bits per heavy atom. The SMILES string of the molecule is CCNC(=O)CC1SC(=Nc2ccc(S(N)(=O)=O)cc2)N(CC)C1=O. The Morgan fingerprint density at radius 3 is 2.48 bits per heavy atom. The summed E-state index contributed by atoms with van der Waals surface area (Å²) >= 11 is 1.23. The first-order chi connectivity index (χ1) is 11.8. The summed E-state index contributed by atoms with van der Waals surface area (Å²) in [6, 6.07) is 5.75. The minimum absolute atomic E-state index is 0.00642. The summed E-state index contributed by atoms with van der Waals surface area (Å²) in [6.45, 7) is 4.59. The Bertz CT molecular complexity index is 790. The van der Waals surface area contributed by atoms with Crippen molar-refractivity contribution >= 4 is 44.5 Å². The molecule has 0 bridgehead atoms. The molecular weight excluding hydrogens is 364 g/mol. The first-order valence-corrected chi connectivity index (χ1v) is 10.1. The van der Waals surface area contributed by atoms with Crippen LogP contribution < -0.4 is 10.5 Å². The molecular formula is C15H20N4O4S2. The second-order valence-electron chi connectivity index (χ2n) is 5.28. The molecule has 0 radical (unpaired) electrons. The Balaban J connectivity index is 2.20. The summed E-state index contributed by atoms with van der Waals surface area (Å²) in [5, 5.41) is 7.73. The minimum atomic E-state index is -3.76. The maximum atomic E-state index is 12.4. The third-order valence-corrected chi connectivity index (χ3v) is 5.58. The molecule has 1 aromatic carbocycles. The Morgan fingerprint density at radius 2 is 1.96 bits per heavy atom. The third kappa shape index (κ3) is 4.80. The van der Waals surface area contributed by atoms with Gasteiger partial charge in [0.25, 0.3) is 0 Å². The van der Waals surface area contributed by atoms with Gasteiger partial charge in [-0.2, -0.15) is 0 Å². The van der Waals surface area contributed by atoms with Crippen molar-refractivity contribution < 1.29 is 18.0 Å². The first-order valence-electron chi connectivity index (χ1n) is 7.72. The standard InChI is InChI=1S/C15H20N4O4S2/c1-3-17-13(20)9-12-14(21)19(4-2)15(24-12)18-10-5-7-11(8-6-10)25(16,22)23/h5-8,12H,3-4,9H2,1-2H3,(H,17,20)(H2,16,22,23). The molecule has 2 rings (SSSR count). The highest BCUT2D eigenvalue weighted by atomic mass is 32.2. The number of hydrogen-bond donors (Lipinski definition) is 2. The maximum Gasteiger partial charge on any atom is 0.242 e. The van der Waals surface area contributed by atoms with Crippen LogP contribution in [0, 0.1) is 0 Å². The zero-order valence-corrected chi connectivity index (χ0v) is 15.6. The predicted molar refractivity (Wildman–Crippen MR) is 97.0 cm³/mol. The molecule has 1 fully saturated rings. The summed E-state index contributed by atoms with van der Waals surface area (Å²) in [5.74, 6) is -0.332. The molecule has 0 aliphatic carbocycles. The summed E-state index contributed by atoms with van der Waals surface area (Å²) in [4.78, 5) is 30.1. The number of carbonyl (C=O) groups is 2. The van der Waals surface area contributed by atoms with E-state index in [9.17, 15) is 18.0 Å². The lowest BCUT2D eigenvalue weighted by Crippen LogP contribution is -2.34. The third-order valence-electron chi connectivity index (χ3n) is 3.47. The van der Waals surface area contributed by atoms with Crippen molar-refractivity contribution in [2.24, 2.45) is 10.1 Å². The van der Waals surface area contributed by atoms with Crippen LogP contribution in [0.4, 0.5) is 5.69 Å². The van der Waals surface area contributed by atoms with E-state index in [1.807, 2.05) is 13.8 Å². The molecule has 10 heteroatoms. The normalized spacial score (nSPS) is 19.5. The summed E-state index contributed by atoms with van der Waals surface area (Å²) < 4.78 is 22.6. The molecule has 1 aliphatic heterocycles. The number of benzene rings is 1. The lowest BCUT2D eigenvalue weighted by atomic mass is 10.2. The van der Waals surface area contributed by atoms with Crippen LogP contribution >= 0.6 is 11.8 Å². The van der Waals surface area contributed by atoms with Gasteiger partial charge in [-0.3, -0.25) is 14.5 Å². The largest absolute Gasteiger partial charge is 0.356 e. The lowest BCUT2D eigenvalue weighted by Gasteiger charge is -2.13. The molecule has 8 nitrogen and oxygen atoms in total. The van der Waals surface area contributed by atoms with E-state index in [-0.39, 0.29) is 23.1 Å². The fourth-order valence-electron chi connectivity index (χ4n) is 2.27. The average Bonchev–Trinajstić information content (AvgIpc) is 2.82. The van der Waals surface area contributed by atoms with Crippen LogP contribution in [-0.2, 0) is 19.6 Å². The molecule has 1 saturated heterocycles. The number of sulfonamides is 1. The van der Waals surface area contributed by atoms with Gasteiger partial charge in [0.15, 0.2) is 5.17 Å². The van der Waals surface area contributed by atoms with Gasteiger partial charge >= 0.3 is 0 Å². The number of nitrogens with one attached hydrogen (secondary N) is 1. The van der Waals surface area contributed by atoms with Crippen molar-refractivity contribution in [1.29, 1.82) is 0 Å². The van der Waals surface area contributed by atoms with Crippen molar-refractivity contribution in [3.05, 3.63) is 24.3 Å². The van der Waals surface area contributed by atoms with E-state index in [0.717, 1.165) is 0 Å². The quantitative estimate of drug-likeness (QED) is 0.752. The number of primary sulfonamides is 1. The van der Waals surface area contributed by atoms with Crippen LogP contribution in [0.25, 0.3) is 0 Å². The predicted octanol–water partition coefficient (Wildman–Crippen LogP) is 0.812. The van der Waals surface area contributed by atoms with E-state index in [2.05, 4.69) is 10.3 Å². The Labute approximate surface area is 150 Å².